The Balaban J connectivity index is 1.23. The quantitative estimate of drug-likeness (QED) is 0.642. The molecule has 3 aliphatic heterocycles. The molecule has 0 bridgehead atoms. The summed E-state index contributed by atoms with van der Waals surface area (Å²) < 4.78 is 19.7. The van der Waals surface area contributed by atoms with Gasteiger partial charge in [0.05, 0.1) is 12.2 Å². The van der Waals surface area contributed by atoms with Crippen LogP contribution in [0.3, 0.4) is 0 Å². The summed E-state index contributed by atoms with van der Waals surface area (Å²) in [6, 6.07) is 1.00. The number of aliphatic hydroxyl groups excluding tert-OH is 1. The van der Waals surface area contributed by atoms with Crippen molar-refractivity contribution >= 4 is 0 Å². The van der Waals surface area contributed by atoms with E-state index in [4.69, 9.17) is 4.74 Å². The number of fused-ring (bicyclic) bond motifs is 1. The highest BCUT2D eigenvalue weighted by molar-refractivity contribution is 4.97. The predicted molar refractivity (Wildman–Crippen MR) is 113 cm³/mol. The minimum absolute atomic E-state index is 0.0474. The first kappa shape index (κ1) is 21.9. The zero-order valence-electron chi connectivity index (χ0n) is 18.3. The highest BCUT2D eigenvalue weighted by atomic mass is 19.1. The molecule has 1 aliphatic carbocycles. The second-order valence-electron chi connectivity index (χ2n) is 9.96. The summed E-state index contributed by atoms with van der Waals surface area (Å²) in [7, 11) is 3.84. The molecule has 3 saturated heterocycles. The lowest BCUT2D eigenvalue weighted by atomic mass is 9.81. The molecule has 4 aliphatic rings. The van der Waals surface area contributed by atoms with E-state index in [1.165, 1.54) is 19.3 Å². The lowest BCUT2D eigenvalue weighted by molar-refractivity contribution is -0.115. The van der Waals surface area contributed by atoms with Gasteiger partial charge >= 0.3 is 0 Å². The van der Waals surface area contributed by atoms with Crippen LogP contribution in [-0.4, -0.2) is 110 Å². The van der Waals surface area contributed by atoms with E-state index in [9.17, 15) is 9.50 Å². The number of hydrogen-bond acceptors (Lipinski definition) is 6. The number of aliphatic hydroxyl groups is 1. The van der Waals surface area contributed by atoms with Gasteiger partial charge in [-0.2, -0.15) is 0 Å². The van der Waals surface area contributed by atoms with Gasteiger partial charge in [-0.25, -0.2) is 4.39 Å². The molecule has 7 heteroatoms. The number of piperidine rings is 1. The smallest absolute Gasteiger partial charge is 0.133 e. The van der Waals surface area contributed by atoms with Gasteiger partial charge in [0, 0.05) is 44.8 Å². The fourth-order valence-corrected chi connectivity index (χ4v) is 5.94. The van der Waals surface area contributed by atoms with Crippen LogP contribution in [0.1, 0.15) is 44.9 Å². The highest BCUT2D eigenvalue weighted by Gasteiger charge is 2.46. The number of rotatable bonds is 6. The van der Waals surface area contributed by atoms with E-state index in [1.54, 1.807) is 0 Å². The van der Waals surface area contributed by atoms with Crippen molar-refractivity contribution in [3.8, 4) is 0 Å². The van der Waals surface area contributed by atoms with E-state index >= 15 is 0 Å². The molecule has 168 valence electrons. The molecule has 0 spiro atoms. The van der Waals surface area contributed by atoms with E-state index in [0.717, 1.165) is 58.4 Å². The first-order valence-corrected chi connectivity index (χ1v) is 11.8. The van der Waals surface area contributed by atoms with Crippen molar-refractivity contribution in [1.82, 2.24) is 20.0 Å². The highest BCUT2D eigenvalue weighted by Crippen LogP contribution is 2.40. The average Bonchev–Trinajstić information content (AvgIpc) is 3.17. The normalized spacial score (nSPS) is 40.9. The molecule has 0 amide bonds. The van der Waals surface area contributed by atoms with Crippen LogP contribution in [0.4, 0.5) is 4.39 Å². The monoisotopic (exact) mass is 412 g/mol. The van der Waals surface area contributed by atoms with Gasteiger partial charge in [0.15, 0.2) is 0 Å². The van der Waals surface area contributed by atoms with Crippen LogP contribution in [0.25, 0.3) is 0 Å². The van der Waals surface area contributed by atoms with Crippen LogP contribution in [0, 0.1) is 5.92 Å². The average molecular weight is 413 g/mol. The van der Waals surface area contributed by atoms with Gasteiger partial charge in [-0.1, -0.05) is 6.42 Å². The van der Waals surface area contributed by atoms with E-state index < -0.39 is 12.4 Å². The Bertz CT molecular complexity index is 509. The van der Waals surface area contributed by atoms with E-state index in [0.29, 0.717) is 24.5 Å². The molecule has 4 rings (SSSR count). The van der Waals surface area contributed by atoms with Gasteiger partial charge < -0.3 is 20.1 Å². The molecular weight excluding hydrogens is 371 g/mol. The first-order chi connectivity index (χ1) is 14.0. The van der Waals surface area contributed by atoms with Crippen LogP contribution in [0.15, 0.2) is 0 Å². The molecular formula is C22H41FN4O2. The van der Waals surface area contributed by atoms with Crippen LogP contribution in [-0.2, 0) is 4.74 Å². The number of halogens is 1. The Kier molecular flexibility index (Phi) is 7.46. The van der Waals surface area contributed by atoms with E-state index in [-0.39, 0.29) is 12.2 Å². The van der Waals surface area contributed by atoms with Crippen molar-refractivity contribution in [2.45, 2.75) is 81.6 Å². The Labute approximate surface area is 175 Å². The summed E-state index contributed by atoms with van der Waals surface area (Å²) in [6.07, 6.45) is 6.66. The molecule has 6 nitrogen and oxygen atoms in total. The Morgan fingerprint density at radius 1 is 1.14 bits per heavy atom. The number of alkyl halides is 1. The third-order valence-electron chi connectivity index (χ3n) is 7.77. The fourth-order valence-electron chi connectivity index (χ4n) is 5.94. The second kappa shape index (κ2) is 9.88. The molecule has 0 aromatic rings. The van der Waals surface area contributed by atoms with Crippen molar-refractivity contribution in [2.24, 2.45) is 5.92 Å². The van der Waals surface area contributed by atoms with E-state index in [1.807, 2.05) is 19.0 Å². The minimum Gasteiger partial charge on any atom is -0.376 e. The van der Waals surface area contributed by atoms with Crippen LogP contribution < -0.4 is 5.32 Å². The maximum Gasteiger partial charge on any atom is 0.133 e. The van der Waals surface area contributed by atoms with Crippen molar-refractivity contribution in [3.05, 3.63) is 0 Å². The SMILES string of the molecule is CN(C)C(O)C1CC2CCCC(N3CCN(CCC4CCC(F)CN4)CC3)C2O1. The molecule has 7 atom stereocenters. The number of nitrogens with zero attached hydrogens (tertiary/aromatic N) is 3. The van der Waals surface area contributed by atoms with Gasteiger partial charge in [-0.3, -0.25) is 9.80 Å². The third kappa shape index (κ3) is 5.31. The van der Waals surface area contributed by atoms with Crippen LogP contribution in [0.2, 0.25) is 0 Å². The molecule has 3 heterocycles. The first-order valence-electron chi connectivity index (χ1n) is 11.8. The van der Waals surface area contributed by atoms with Gasteiger partial charge in [0.1, 0.15) is 12.4 Å². The molecule has 0 radical (unpaired) electrons. The summed E-state index contributed by atoms with van der Waals surface area (Å²) in [5.74, 6) is 0.600. The number of likely N-dealkylation sites (N-methyl/N-ethyl adjacent to an activating group) is 1. The molecule has 1 saturated carbocycles. The third-order valence-corrected chi connectivity index (χ3v) is 7.77. The van der Waals surface area contributed by atoms with Crippen molar-refractivity contribution in [2.75, 3.05) is 53.4 Å². The number of piperazine rings is 1. The zero-order valence-corrected chi connectivity index (χ0v) is 18.3. The Hall–Kier alpha value is -0.310. The lowest BCUT2D eigenvalue weighted by Crippen LogP contribution is -2.56. The number of ether oxygens (including phenoxy) is 1. The maximum atomic E-state index is 13.3. The largest absolute Gasteiger partial charge is 0.376 e. The van der Waals surface area contributed by atoms with Gasteiger partial charge in [-0.15, -0.1) is 0 Å². The Morgan fingerprint density at radius 3 is 2.62 bits per heavy atom. The van der Waals surface area contributed by atoms with Crippen LogP contribution in [0.5, 0.6) is 0 Å². The topological polar surface area (TPSA) is 51.2 Å². The molecule has 2 N–H and O–H groups in total. The summed E-state index contributed by atoms with van der Waals surface area (Å²) in [5, 5.41) is 13.8. The summed E-state index contributed by atoms with van der Waals surface area (Å²) in [5.41, 5.74) is 0. The summed E-state index contributed by atoms with van der Waals surface area (Å²) in [6.45, 7) is 6.12. The fraction of sp³-hybridized carbons (Fsp3) is 1.00. The van der Waals surface area contributed by atoms with E-state index in [2.05, 4.69) is 15.1 Å². The Morgan fingerprint density at radius 2 is 1.93 bits per heavy atom. The second-order valence-corrected chi connectivity index (χ2v) is 9.96. The molecule has 0 aromatic heterocycles. The standard InChI is InChI=1S/C22H41FN4O2/c1-25(2)22(28)20-14-16-4-3-5-19(21(16)29-20)27-12-10-26(11-13-27)9-8-18-7-6-17(23)15-24-18/h16-22,24,28H,3-15H2,1-2H3. The number of nitrogens with one attached hydrogen (secondary N) is 1. The molecule has 4 fully saturated rings. The summed E-state index contributed by atoms with van der Waals surface area (Å²) >= 11 is 0. The van der Waals surface area contributed by atoms with Crippen molar-refractivity contribution in [1.29, 1.82) is 0 Å². The van der Waals surface area contributed by atoms with Crippen molar-refractivity contribution in [3.63, 3.8) is 0 Å². The zero-order chi connectivity index (χ0) is 20.4. The van der Waals surface area contributed by atoms with Crippen molar-refractivity contribution < 1.29 is 14.2 Å². The molecule has 7 unspecified atom stereocenters. The molecule has 0 aromatic carbocycles. The van der Waals surface area contributed by atoms with Gasteiger partial charge in [0.2, 0.25) is 0 Å². The molecule has 29 heavy (non-hydrogen) atoms. The summed E-state index contributed by atoms with van der Waals surface area (Å²) in [4.78, 5) is 7.10. The minimum atomic E-state index is -0.648. The number of hydrogen-bond donors (Lipinski definition) is 2. The van der Waals surface area contributed by atoms with Crippen LogP contribution >= 0.6 is 0 Å². The van der Waals surface area contributed by atoms with Gasteiger partial charge in [0.25, 0.3) is 0 Å². The van der Waals surface area contributed by atoms with Gasteiger partial charge in [-0.05, 0) is 65.1 Å². The lowest BCUT2D eigenvalue weighted by Gasteiger charge is -2.44. The predicted octanol–water partition coefficient (Wildman–Crippen LogP) is 1.29. The maximum absolute atomic E-state index is 13.3.